The van der Waals surface area contributed by atoms with Gasteiger partial charge in [0, 0.05) is 56.0 Å². The first kappa shape index (κ1) is 22.1. The van der Waals surface area contributed by atoms with Crippen LogP contribution in [0.3, 0.4) is 0 Å². The van der Waals surface area contributed by atoms with Crippen LogP contribution in [0, 0.1) is 11.3 Å². The summed E-state index contributed by atoms with van der Waals surface area (Å²) in [5, 5.41) is 11.5. The topological polar surface area (TPSA) is 102 Å². The number of aromatic nitrogens is 2. The molecule has 2 heterocycles. The lowest BCUT2D eigenvalue weighted by Crippen LogP contribution is -2.48. The van der Waals surface area contributed by atoms with Crippen molar-refractivity contribution in [2.24, 2.45) is 0 Å². The molecule has 3 aromatic rings. The summed E-state index contributed by atoms with van der Waals surface area (Å²) in [6.07, 6.45) is 3.53. The summed E-state index contributed by atoms with van der Waals surface area (Å²) in [6.45, 7) is 3.60. The molecule has 1 saturated heterocycles. The average molecular weight is 441 g/mol. The maximum absolute atomic E-state index is 12.9. The van der Waals surface area contributed by atoms with Gasteiger partial charge in [-0.1, -0.05) is 30.3 Å². The van der Waals surface area contributed by atoms with Gasteiger partial charge >= 0.3 is 0 Å². The van der Waals surface area contributed by atoms with Crippen LogP contribution in [0.1, 0.15) is 27.3 Å². The van der Waals surface area contributed by atoms with E-state index in [9.17, 15) is 9.59 Å². The number of nitriles is 1. The molecule has 0 aliphatic carbocycles. The number of anilines is 1. The fourth-order valence-corrected chi connectivity index (χ4v) is 3.68. The summed E-state index contributed by atoms with van der Waals surface area (Å²) < 4.78 is 0. The predicted octanol–water partition coefficient (Wildman–Crippen LogP) is 3.07. The van der Waals surface area contributed by atoms with Crippen LogP contribution in [0.5, 0.6) is 0 Å². The van der Waals surface area contributed by atoms with E-state index in [4.69, 9.17) is 5.26 Å². The summed E-state index contributed by atoms with van der Waals surface area (Å²) in [7, 11) is 0. The van der Waals surface area contributed by atoms with E-state index >= 15 is 0 Å². The summed E-state index contributed by atoms with van der Waals surface area (Å²) in [5.41, 5.74) is 2.83. The molecular formula is C25H24N6O2. The zero-order chi connectivity index (χ0) is 23.0. The molecule has 0 saturated carbocycles. The third-order valence-corrected chi connectivity index (χ3v) is 5.53. The van der Waals surface area contributed by atoms with Crippen LogP contribution in [0.25, 0.3) is 11.3 Å². The van der Waals surface area contributed by atoms with Crippen LogP contribution in [-0.4, -0.2) is 64.3 Å². The number of nitrogens with zero attached hydrogens (tertiary/aromatic N) is 5. The first-order valence-electron chi connectivity index (χ1n) is 10.8. The van der Waals surface area contributed by atoms with Gasteiger partial charge in [0.25, 0.3) is 11.8 Å². The van der Waals surface area contributed by atoms with Crippen molar-refractivity contribution in [1.29, 1.82) is 5.26 Å². The smallest absolute Gasteiger partial charge is 0.275 e. The third-order valence-electron chi connectivity index (χ3n) is 5.53. The molecule has 8 nitrogen and oxygen atoms in total. The van der Waals surface area contributed by atoms with Gasteiger partial charge in [0.2, 0.25) is 0 Å². The molecule has 2 aromatic carbocycles. The van der Waals surface area contributed by atoms with Crippen molar-refractivity contribution in [3.05, 3.63) is 78.2 Å². The van der Waals surface area contributed by atoms with E-state index in [-0.39, 0.29) is 17.5 Å². The molecule has 0 atom stereocenters. The molecule has 0 radical (unpaired) electrons. The monoisotopic (exact) mass is 440 g/mol. The fraction of sp³-hybridized carbons (Fsp3) is 0.240. The minimum Gasteiger partial charge on any atom is -0.336 e. The first-order valence-corrected chi connectivity index (χ1v) is 10.8. The lowest BCUT2D eigenvalue weighted by atomic mass is 10.1. The van der Waals surface area contributed by atoms with Crippen molar-refractivity contribution in [2.75, 3.05) is 38.0 Å². The molecular weight excluding hydrogens is 416 g/mol. The number of benzene rings is 2. The molecule has 4 rings (SSSR count). The Bertz CT molecular complexity index is 1150. The Kier molecular flexibility index (Phi) is 7.03. The van der Waals surface area contributed by atoms with E-state index in [0.29, 0.717) is 36.5 Å². The largest absolute Gasteiger partial charge is 0.336 e. The molecule has 8 heteroatoms. The van der Waals surface area contributed by atoms with Crippen LogP contribution in [0.15, 0.2) is 67.0 Å². The summed E-state index contributed by atoms with van der Waals surface area (Å²) in [4.78, 5) is 38.0. The molecule has 1 aromatic heterocycles. The number of hydrogen-bond acceptors (Lipinski definition) is 6. The van der Waals surface area contributed by atoms with E-state index in [1.54, 1.807) is 30.5 Å². The van der Waals surface area contributed by atoms with Crippen LogP contribution in [0.4, 0.5) is 5.69 Å². The fourth-order valence-electron chi connectivity index (χ4n) is 3.68. The van der Waals surface area contributed by atoms with Gasteiger partial charge in [-0.05, 0) is 24.3 Å². The van der Waals surface area contributed by atoms with Gasteiger partial charge in [-0.2, -0.15) is 5.26 Å². The Morgan fingerprint density at radius 3 is 2.39 bits per heavy atom. The highest BCUT2D eigenvalue weighted by molar-refractivity contribution is 6.03. The van der Waals surface area contributed by atoms with E-state index in [0.717, 1.165) is 25.2 Å². The van der Waals surface area contributed by atoms with Crippen LogP contribution < -0.4 is 5.32 Å². The predicted molar refractivity (Wildman–Crippen MR) is 124 cm³/mol. The van der Waals surface area contributed by atoms with E-state index in [1.807, 2.05) is 35.2 Å². The molecule has 33 heavy (non-hydrogen) atoms. The zero-order valence-electron chi connectivity index (χ0n) is 18.1. The quantitative estimate of drug-likeness (QED) is 0.632. The van der Waals surface area contributed by atoms with Crippen molar-refractivity contribution >= 4 is 17.5 Å². The molecule has 0 unspecified atom stereocenters. The first-order chi connectivity index (χ1) is 16.1. The lowest BCUT2D eigenvalue weighted by molar-refractivity contribution is 0.0639. The van der Waals surface area contributed by atoms with Crippen LogP contribution in [0.2, 0.25) is 0 Å². The van der Waals surface area contributed by atoms with Gasteiger partial charge in [0.15, 0.2) is 0 Å². The number of para-hydroxylation sites is 1. The number of amides is 2. The molecule has 0 bridgehead atoms. The third kappa shape index (κ3) is 5.59. The second-order valence-corrected chi connectivity index (χ2v) is 7.73. The average Bonchev–Trinajstić information content (AvgIpc) is 2.88. The Morgan fingerprint density at radius 2 is 1.70 bits per heavy atom. The zero-order valence-corrected chi connectivity index (χ0v) is 18.1. The van der Waals surface area contributed by atoms with E-state index in [1.165, 1.54) is 6.20 Å². The number of piperazine rings is 1. The summed E-state index contributed by atoms with van der Waals surface area (Å²) in [5.74, 6) is -0.347. The van der Waals surface area contributed by atoms with Crippen molar-refractivity contribution < 1.29 is 9.59 Å². The molecule has 166 valence electrons. The summed E-state index contributed by atoms with van der Waals surface area (Å²) in [6, 6.07) is 18.5. The van der Waals surface area contributed by atoms with Gasteiger partial charge in [0.1, 0.15) is 5.69 Å². The Morgan fingerprint density at radius 1 is 0.970 bits per heavy atom. The maximum Gasteiger partial charge on any atom is 0.275 e. The molecule has 1 aliphatic heterocycles. The molecule has 1 N–H and O–H groups in total. The highest BCUT2D eigenvalue weighted by Crippen LogP contribution is 2.19. The number of carbonyl (C=O) groups excluding carboxylic acids is 2. The van der Waals surface area contributed by atoms with Gasteiger partial charge in [-0.15, -0.1) is 0 Å². The number of carbonyl (C=O) groups is 2. The Hall–Kier alpha value is -4.09. The van der Waals surface area contributed by atoms with Crippen molar-refractivity contribution in [2.45, 2.75) is 6.42 Å². The van der Waals surface area contributed by atoms with E-state index < -0.39 is 0 Å². The molecule has 1 fully saturated rings. The maximum atomic E-state index is 12.9. The second kappa shape index (κ2) is 10.5. The lowest BCUT2D eigenvalue weighted by Gasteiger charge is -2.34. The number of hydrogen-bond donors (Lipinski definition) is 1. The van der Waals surface area contributed by atoms with Gasteiger partial charge in [0.05, 0.1) is 24.2 Å². The standard InChI is InChI=1S/C25H24N6O2/c26-11-4-12-30-13-15-31(16-14-30)25(33)20-9-7-19(8-10-20)22-17-27-18-23(29-22)24(32)28-21-5-2-1-3-6-21/h1-3,5-10,17-18H,4,12-16H2,(H,28,32). The van der Waals surface area contributed by atoms with Crippen molar-refractivity contribution in [1.82, 2.24) is 19.8 Å². The summed E-state index contributed by atoms with van der Waals surface area (Å²) >= 11 is 0. The van der Waals surface area contributed by atoms with Crippen LogP contribution in [-0.2, 0) is 0 Å². The van der Waals surface area contributed by atoms with E-state index in [2.05, 4.69) is 26.3 Å². The molecule has 1 aliphatic rings. The highest BCUT2D eigenvalue weighted by atomic mass is 16.2. The molecule has 0 spiro atoms. The molecule has 2 amide bonds. The minimum atomic E-state index is -0.337. The number of nitrogens with one attached hydrogen (secondary N) is 1. The Labute approximate surface area is 192 Å². The highest BCUT2D eigenvalue weighted by Gasteiger charge is 2.22. The van der Waals surface area contributed by atoms with Gasteiger partial charge in [-0.25, -0.2) is 4.98 Å². The van der Waals surface area contributed by atoms with Gasteiger partial charge in [-0.3, -0.25) is 19.5 Å². The van der Waals surface area contributed by atoms with Gasteiger partial charge < -0.3 is 10.2 Å². The van der Waals surface area contributed by atoms with Crippen molar-refractivity contribution in [3.63, 3.8) is 0 Å². The number of rotatable bonds is 6. The second-order valence-electron chi connectivity index (χ2n) is 7.73. The normalized spacial score (nSPS) is 13.8. The van der Waals surface area contributed by atoms with Crippen LogP contribution >= 0.6 is 0 Å². The van der Waals surface area contributed by atoms with Crippen molar-refractivity contribution in [3.8, 4) is 17.3 Å². The Balaban J connectivity index is 1.40. The SMILES string of the molecule is N#CCCN1CCN(C(=O)c2ccc(-c3cncc(C(=O)Nc4ccccc4)n3)cc2)CC1. The minimum absolute atomic E-state index is 0.0106.